The van der Waals surface area contributed by atoms with Gasteiger partial charge in [0, 0.05) is 0 Å². The molecule has 32 valence electrons. The molecule has 0 aromatic rings. The molecule has 0 aromatic carbocycles. The first-order valence-electron chi connectivity index (χ1n) is 0.289. The van der Waals surface area contributed by atoms with Gasteiger partial charge >= 0.3 is 47.9 Å². The summed E-state index contributed by atoms with van der Waals surface area (Å²) in [5.41, 5.74) is 0. The molecule has 6 heavy (non-hydrogen) atoms. The third-order valence-corrected chi connectivity index (χ3v) is 0. The van der Waals surface area contributed by atoms with E-state index < -0.39 is 0 Å². The van der Waals surface area contributed by atoms with Crippen molar-refractivity contribution in [2.24, 2.45) is 0 Å². The summed E-state index contributed by atoms with van der Waals surface area (Å²) >= 11 is 0.611. The summed E-state index contributed by atoms with van der Waals surface area (Å²) < 4.78 is 8.28. The fraction of sp³-hybridized carbons (Fsp3) is 0. The monoisotopic (exact) mass is 116 g/mol. The Kier molecular flexibility index (Phi) is 1090. The van der Waals surface area contributed by atoms with E-state index in [-0.39, 0.29) is 39.5 Å². The average Bonchev–Trinajstić information content (AvgIpc) is 1.00. The maximum atomic E-state index is 8.28. The van der Waals surface area contributed by atoms with E-state index in [0.29, 0.717) is 21.7 Å². The molecule has 0 atom stereocenters. The van der Waals surface area contributed by atoms with Crippen molar-refractivity contribution in [1.82, 2.24) is 0 Å². The Bertz CT molecular complexity index is 5.51. The molecule has 0 unspecified atom stereocenters. The zero-order valence-electron chi connectivity index (χ0n) is 3.22. The molecular weight excluding hydrogens is 113 g/mol. The van der Waals surface area contributed by atoms with Crippen LogP contribution in [-0.4, -0.2) is 61.2 Å². The van der Waals surface area contributed by atoms with Gasteiger partial charge in [-0.05, 0) is 0 Å². The summed E-state index contributed by atoms with van der Waals surface area (Å²) in [4.78, 5) is 0. The predicted octanol–water partition coefficient (Wildman–Crippen LogP) is -2.06. The standard InChI is InChI=1S/2Mg.3H2O.O/h;;3*1H2;/q;+2;;;;/p-2. The van der Waals surface area contributed by atoms with Gasteiger partial charge in [-0.15, -0.1) is 0 Å². The zero-order valence-corrected chi connectivity index (χ0v) is 6.05. The normalized spacial score (nSPS) is 1.00. The molecule has 4 nitrogen and oxygen atoms in total. The van der Waals surface area contributed by atoms with Crippen LogP contribution >= 0.6 is 0 Å². The first-order chi connectivity index (χ1) is 1.00. The van der Waals surface area contributed by atoms with Crippen molar-refractivity contribution >= 4 is 44.7 Å². The van der Waals surface area contributed by atoms with Crippen LogP contribution in [0.1, 0.15) is 0 Å². The van der Waals surface area contributed by atoms with Crippen LogP contribution < -0.4 is 0 Å². The van der Waals surface area contributed by atoms with Gasteiger partial charge in [-0.25, -0.2) is 0 Å². The second kappa shape index (κ2) is 115. The molecule has 0 aliphatic carbocycles. The van der Waals surface area contributed by atoms with Crippen LogP contribution in [0.2, 0.25) is 0 Å². The van der Waals surface area contributed by atoms with E-state index in [0.717, 1.165) is 0 Å². The number of hydrogen-bond donors (Lipinski definition) is 0. The van der Waals surface area contributed by atoms with Gasteiger partial charge in [0.15, 0.2) is 0 Å². The Labute approximate surface area is 64.2 Å². The second-order valence-electron chi connectivity index (χ2n) is 0. The third-order valence-electron chi connectivity index (χ3n) is 0. The van der Waals surface area contributed by atoms with Crippen LogP contribution in [0.25, 0.3) is 0 Å². The molecule has 0 radical (unpaired) electrons. The molecular formula is H4Mg2O4. The molecule has 0 spiro atoms. The fourth-order valence-corrected chi connectivity index (χ4v) is 0. The molecule has 0 bridgehead atoms. The number of hydrogen-bond acceptors (Lipinski definition) is 3. The Morgan fingerprint density at radius 3 is 1.00 bits per heavy atom. The van der Waals surface area contributed by atoms with Crippen molar-refractivity contribution in [3.8, 4) is 0 Å². The van der Waals surface area contributed by atoms with Crippen LogP contribution in [0, 0.1) is 0 Å². The summed E-state index contributed by atoms with van der Waals surface area (Å²) in [5, 5.41) is 0. The topological polar surface area (TPSA) is 109 Å². The Hall–Kier alpha value is 1.21. The maximum absolute atomic E-state index is 8.28. The molecule has 0 aromatic heterocycles. The van der Waals surface area contributed by atoms with E-state index in [4.69, 9.17) is 3.17 Å². The Morgan fingerprint density at radius 2 is 1.00 bits per heavy atom. The molecule has 0 heterocycles. The van der Waals surface area contributed by atoms with Gasteiger partial charge in [-0.1, -0.05) is 0 Å². The molecule has 0 amide bonds. The molecule has 0 saturated carbocycles. The zero-order chi connectivity index (χ0) is 2.00. The molecule has 0 rings (SSSR count). The summed E-state index contributed by atoms with van der Waals surface area (Å²) in [6.07, 6.45) is 0. The van der Waals surface area contributed by atoms with Crippen molar-refractivity contribution in [3.63, 3.8) is 0 Å². The quantitative estimate of drug-likeness (QED) is 0.340. The van der Waals surface area contributed by atoms with Crippen molar-refractivity contribution in [2.45, 2.75) is 0 Å². The van der Waals surface area contributed by atoms with Crippen molar-refractivity contribution in [2.75, 3.05) is 0 Å². The van der Waals surface area contributed by atoms with Gasteiger partial charge in [0.05, 0.1) is 0 Å². The molecule has 0 aliphatic rings. The second-order valence-corrected chi connectivity index (χ2v) is 0. The van der Waals surface area contributed by atoms with Crippen LogP contribution in [0.5, 0.6) is 0 Å². The third kappa shape index (κ3) is 62.9. The first kappa shape index (κ1) is 56.9. The molecule has 4 N–H and O–H groups in total. The van der Waals surface area contributed by atoms with E-state index >= 15 is 0 Å². The van der Waals surface area contributed by atoms with E-state index in [2.05, 4.69) is 0 Å². The van der Waals surface area contributed by atoms with Crippen LogP contribution in [0.15, 0.2) is 0 Å². The molecule has 0 aliphatic heterocycles. The molecule has 0 fully saturated rings. The molecule has 0 saturated heterocycles. The van der Waals surface area contributed by atoms with Crippen LogP contribution in [0.3, 0.4) is 0 Å². The van der Waals surface area contributed by atoms with Crippen LogP contribution in [0.4, 0.5) is 0 Å². The number of rotatable bonds is 0. The Balaban J connectivity index is -0.000000000833. The Morgan fingerprint density at radius 1 is 1.00 bits per heavy atom. The van der Waals surface area contributed by atoms with Gasteiger partial charge in [0.1, 0.15) is 0 Å². The van der Waals surface area contributed by atoms with Gasteiger partial charge in [0.25, 0.3) is 0 Å². The van der Waals surface area contributed by atoms with Gasteiger partial charge in [-0.2, -0.15) is 0 Å². The average molecular weight is 117 g/mol. The van der Waals surface area contributed by atoms with Crippen LogP contribution in [-0.2, 0) is 3.17 Å². The summed E-state index contributed by atoms with van der Waals surface area (Å²) in [6.45, 7) is 0. The minimum atomic E-state index is 0. The van der Waals surface area contributed by atoms with E-state index in [1.165, 1.54) is 0 Å². The van der Waals surface area contributed by atoms with Crippen molar-refractivity contribution in [1.29, 1.82) is 0 Å². The first-order valence-corrected chi connectivity index (χ1v) is 0.866. The van der Waals surface area contributed by atoms with Gasteiger partial charge in [0.2, 0.25) is 0 Å². The van der Waals surface area contributed by atoms with E-state index in [1.54, 1.807) is 0 Å². The van der Waals surface area contributed by atoms with E-state index in [1.807, 2.05) is 0 Å². The van der Waals surface area contributed by atoms with Gasteiger partial charge < -0.3 is 16.4 Å². The van der Waals surface area contributed by atoms with Crippen molar-refractivity contribution < 1.29 is 19.6 Å². The van der Waals surface area contributed by atoms with Crippen molar-refractivity contribution in [3.05, 3.63) is 0 Å². The summed E-state index contributed by atoms with van der Waals surface area (Å²) in [7, 11) is 0. The predicted molar refractivity (Wildman–Crippen MR) is 19.7 cm³/mol. The molecule has 6 heteroatoms. The van der Waals surface area contributed by atoms with Gasteiger partial charge in [-0.3, -0.25) is 0 Å². The van der Waals surface area contributed by atoms with E-state index in [9.17, 15) is 0 Å². The summed E-state index contributed by atoms with van der Waals surface area (Å²) in [6, 6.07) is 0. The minimum absolute atomic E-state index is 0. The summed E-state index contributed by atoms with van der Waals surface area (Å²) in [5.74, 6) is 0. The fourth-order valence-electron chi connectivity index (χ4n) is 0. The SMILES string of the molecule is O.[Mg+2].[OH-].[OH-].[O]=[Mg].